The van der Waals surface area contributed by atoms with Crippen molar-refractivity contribution in [3.63, 3.8) is 0 Å². The minimum Gasteiger partial charge on any atom is -0.354 e. The molecule has 90 valence electrons. The average molecular weight is 240 g/mol. The number of amides is 1. The summed E-state index contributed by atoms with van der Waals surface area (Å²) in [6.07, 6.45) is 1.12. The zero-order valence-corrected chi connectivity index (χ0v) is 10.8. The Morgan fingerprint density at radius 3 is 2.88 bits per heavy atom. The molecule has 3 nitrogen and oxygen atoms in total. The zero-order valence-electron chi connectivity index (χ0n) is 9.95. The molecule has 1 amide bonds. The molecule has 1 rings (SSSR count). The van der Waals surface area contributed by atoms with Gasteiger partial charge in [0.05, 0.1) is 5.92 Å². The lowest BCUT2D eigenvalue weighted by molar-refractivity contribution is -0.122. The van der Waals surface area contributed by atoms with Gasteiger partial charge in [0.2, 0.25) is 5.91 Å². The third kappa shape index (κ3) is 4.33. The first-order valence-electron chi connectivity index (χ1n) is 5.77. The topological polar surface area (TPSA) is 41.1 Å². The van der Waals surface area contributed by atoms with Crippen molar-refractivity contribution >= 4 is 17.2 Å². The summed E-state index contributed by atoms with van der Waals surface area (Å²) in [5, 5.41) is 8.19. The summed E-state index contributed by atoms with van der Waals surface area (Å²) >= 11 is 1.63. The van der Waals surface area contributed by atoms with Crippen LogP contribution >= 0.6 is 11.3 Å². The Bertz CT molecular complexity index is 298. The predicted octanol–water partition coefficient (Wildman–Crippen LogP) is 1.97. The summed E-state index contributed by atoms with van der Waals surface area (Å²) in [5.41, 5.74) is 0. The van der Waals surface area contributed by atoms with Crippen LogP contribution in [0.2, 0.25) is 0 Å². The summed E-state index contributed by atoms with van der Waals surface area (Å²) in [4.78, 5) is 12.9. The Kier molecular flexibility index (Phi) is 6.11. The third-order valence-corrected chi connectivity index (χ3v) is 3.45. The molecule has 2 N–H and O–H groups in total. The first kappa shape index (κ1) is 13.2. The number of hydrogen-bond acceptors (Lipinski definition) is 3. The highest BCUT2D eigenvalue weighted by Crippen LogP contribution is 2.20. The number of carbonyl (C=O) groups excluding carboxylic acids is 1. The van der Waals surface area contributed by atoms with Gasteiger partial charge in [-0.1, -0.05) is 13.0 Å². The molecule has 4 heteroatoms. The standard InChI is InChI=1S/C12H20N2OS/c1-3-6-13-7-8-14-12(15)10(2)11-5-4-9-16-11/h4-5,9-10,13H,3,6-8H2,1-2H3,(H,14,15). The van der Waals surface area contributed by atoms with Gasteiger partial charge < -0.3 is 10.6 Å². The molecule has 1 heterocycles. The Morgan fingerprint density at radius 2 is 2.25 bits per heavy atom. The van der Waals surface area contributed by atoms with Gasteiger partial charge in [0.15, 0.2) is 0 Å². The van der Waals surface area contributed by atoms with Crippen LogP contribution < -0.4 is 10.6 Å². The van der Waals surface area contributed by atoms with Crippen molar-refractivity contribution in [3.05, 3.63) is 22.4 Å². The lowest BCUT2D eigenvalue weighted by atomic mass is 10.1. The van der Waals surface area contributed by atoms with Crippen LogP contribution in [-0.2, 0) is 4.79 Å². The summed E-state index contributed by atoms with van der Waals surface area (Å²) < 4.78 is 0. The van der Waals surface area contributed by atoms with Crippen molar-refractivity contribution in [2.24, 2.45) is 0 Å². The minimum atomic E-state index is -0.0359. The molecule has 1 aromatic rings. The van der Waals surface area contributed by atoms with Crippen molar-refractivity contribution in [3.8, 4) is 0 Å². The maximum Gasteiger partial charge on any atom is 0.228 e. The second kappa shape index (κ2) is 7.41. The van der Waals surface area contributed by atoms with E-state index in [4.69, 9.17) is 0 Å². The minimum absolute atomic E-state index is 0.0359. The van der Waals surface area contributed by atoms with Gasteiger partial charge in [0.1, 0.15) is 0 Å². The Balaban J connectivity index is 2.20. The second-order valence-electron chi connectivity index (χ2n) is 3.78. The van der Waals surface area contributed by atoms with E-state index in [1.807, 2.05) is 24.4 Å². The summed E-state index contributed by atoms with van der Waals surface area (Å²) in [6.45, 7) is 6.63. The van der Waals surface area contributed by atoms with Gasteiger partial charge >= 0.3 is 0 Å². The number of thiophene rings is 1. The Labute approximate surface area is 101 Å². The van der Waals surface area contributed by atoms with Gasteiger partial charge in [0, 0.05) is 18.0 Å². The predicted molar refractivity (Wildman–Crippen MR) is 68.9 cm³/mol. The van der Waals surface area contributed by atoms with E-state index >= 15 is 0 Å². The highest BCUT2D eigenvalue weighted by atomic mass is 32.1. The van der Waals surface area contributed by atoms with Crippen molar-refractivity contribution in [1.82, 2.24) is 10.6 Å². The van der Waals surface area contributed by atoms with Crippen LogP contribution in [0.5, 0.6) is 0 Å². The van der Waals surface area contributed by atoms with Crippen LogP contribution in [0.15, 0.2) is 17.5 Å². The molecular formula is C12H20N2OS. The molecule has 0 aliphatic heterocycles. The first-order valence-corrected chi connectivity index (χ1v) is 6.65. The van der Waals surface area contributed by atoms with Crippen LogP contribution in [0, 0.1) is 0 Å². The SMILES string of the molecule is CCCNCCNC(=O)C(C)c1cccs1. The van der Waals surface area contributed by atoms with Crippen molar-refractivity contribution in [2.75, 3.05) is 19.6 Å². The van der Waals surface area contributed by atoms with Crippen LogP contribution in [0.3, 0.4) is 0 Å². The smallest absolute Gasteiger partial charge is 0.228 e. The molecule has 0 aliphatic rings. The van der Waals surface area contributed by atoms with Gasteiger partial charge in [-0.05, 0) is 31.3 Å². The highest BCUT2D eigenvalue weighted by Gasteiger charge is 2.14. The van der Waals surface area contributed by atoms with Crippen molar-refractivity contribution in [1.29, 1.82) is 0 Å². The van der Waals surface area contributed by atoms with E-state index in [1.165, 1.54) is 0 Å². The zero-order chi connectivity index (χ0) is 11.8. The third-order valence-electron chi connectivity index (χ3n) is 2.39. The molecule has 1 atom stereocenters. The summed E-state index contributed by atoms with van der Waals surface area (Å²) in [7, 11) is 0. The monoisotopic (exact) mass is 240 g/mol. The molecule has 0 spiro atoms. The van der Waals surface area contributed by atoms with E-state index in [0.29, 0.717) is 6.54 Å². The van der Waals surface area contributed by atoms with Crippen LogP contribution in [-0.4, -0.2) is 25.5 Å². The normalized spacial score (nSPS) is 12.4. The number of rotatable bonds is 7. The van der Waals surface area contributed by atoms with Gasteiger partial charge in [-0.2, -0.15) is 0 Å². The van der Waals surface area contributed by atoms with Gasteiger partial charge in [-0.25, -0.2) is 0 Å². The summed E-state index contributed by atoms with van der Waals surface area (Å²) in [6, 6.07) is 3.98. The lowest BCUT2D eigenvalue weighted by Crippen LogP contribution is -2.34. The molecule has 1 aromatic heterocycles. The molecule has 0 bridgehead atoms. The quantitative estimate of drug-likeness (QED) is 0.715. The van der Waals surface area contributed by atoms with E-state index in [2.05, 4.69) is 17.6 Å². The molecule has 1 unspecified atom stereocenters. The number of carbonyl (C=O) groups is 1. The van der Waals surface area contributed by atoms with Crippen molar-refractivity contribution < 1.29 is 4.79 Å². The second-order valence-corrected chi connectivity index (χ2v) is 4.76. The molecule has 0 aromatic carbocycles. The van der Waals surface area contributed by atoms with E-state index in [9.17, 15) is 4.79 Å². The Morgan fingerprint density at radius 1 is 1.44 bits per heavy atom. The maximum absolute atomic E-state index is 11.7. The fraction of sp³-hybridized carbons (Fsp3) is 0.583. The largest absolute Gasteiger partial charge is 0.354 e. The Hall–Kier alpha value is -0.870. The van der Waals surface area contributed by atoms with Crippen LogP contribution in [0.4, 0.5) is 0 Å². The van der Waals surface area contributed by atoms with Gasteiger partial charge in [-0.3, -0.25) is 4.79 Å². The number of hydrogen-bond donors (Lipinski definition) is 2. The molecule has 0 radical (unpaired) electrons. The number of nitrogens with one attached hydrogen (secondary N) is 2. The van der Waals surface area contributed by atoms with Crippen LogP contribution in [0.25, 0.3) is 0 Å². The fourth-order valence-corrected chi connectivity index (χ4v) is 2.18. The van der Waals surface area contributed by atoms with E-state index < -0.39 is 0 Å². The fourth-order valence-electron chi connectivity index (χ4n) is 1.40. The molecule has 0 saturated carbocycles. The lowest BCUT2D eigenvalue weighted by Gasteiger charge is -2.10. The molecule has 0 fully saturated rings. The molecule has 0 aliphatic carbocycles. The summed E-state index contributed by atoms with van der Waals surface area (Å²) in [5.74, 6) is 0.0759. The molecule has 0 saturated heterocycles. The van der Waals surface area contributed by atoms with E-state index in [-0.39, 0.29) is 11.8 Å². The van der Waals surface area contributed by atoms with E-state index in [0.717, 1.165) is 24.4 Å². The van der Waals surface area contributed by atoms with Gasteiger partial charge in [-0.15, -0.1) is 11.3 Å². The van der Waals surface area contributed by atoms with Gasteiger partial charge in [0.25, 0.3) is 0 Å². The average Bonchev–Trinajstić information content (AvgIpc) is 2.81. The van der Waals surface area contributed by atoms with Crippen molar-refractivity contribution in [2.45, 2.75) is 26.2 Å². The molecular weight excluding hydrogens is 220 g/mol. The highest BCUT2D eigenvalue weighted by molar-refractivity contribution is 7.10. The first-order chi connectivity index (χ1) is 7.75. The molecule has 16 heavy (non-hydrogen) atoms. The van der Waals surface area contributed by atoms with E-state index in [1.54, 1.807) is 11.3 Å². The van der Waals surface area contributed by atoms with Crippen LogP contribution in [0.1, 0.15) is 31.1 Å². The maximum atomic E-state index is 11.7.